The number of aliphatic imine (C=N–C) groups is 1. The van der Waals surface area contributed by atoms with Crippen molar-refractivity contribution in [2.75, 3.05) is 33.9 Å². The summed E-state index contributed by atoms with van der Waals surface area (Å²) in [4.78, 5) is 6.48. The molecule has 0 spiro atoms. The Kier molecular flexibility index (Phi) is 5.00. The first-order valence-electron chi connectivity index (χ1n) is 7.03. The van der Waals surface area contributed by atoms with Crippen molar-refractivity contribution in [1.29, 1.82) is 0 Å². The summed E-state index contributed by atoms with van der Waals surface area (Å²) in [5, 5.41) is 7.33. The van der Waals surface area contributed by atoms with Gasteiger partial charge < -0.3 is 19.5 Å². The molecule has 1 aliphatic heterocycles. The SMILES string of the molecule is CN=C(NCc1c(C)noc1C)N(C)CC1CCOC1. The van der Waals surface area contributed by atoms with Gasteiger partial charge in [-0.3, -0.25) is 4.99 Å². The van der Waals surface area contributed by atoms with E-state index in [4.69, 9.17) is 9.26 Å². The minimum absolute atomic E-state index is 0.595. The highest BCUT2D eigenvalue weighted by Crippen LogP contribution is 2.14. The number of ether oxygens (including phenoxy) is 1. The Morgan fingerprint density at radius 3 is 2.85 bits per heavy atom. The van der Waals surface area contributed by atoms with E-state index in [0.717, 1.165) is 49.2 Å². The number of guanidine groups is 1. The summed E-state index contributed by atoms with van der Waals surface area (Å²) in [6, 6.07) is 0. The number of aryl methyl sites for hydroxylation is 2. The number of rotatable bonds is 4. The fraction of sp³-hybridized carbons (Fsp3) is 0.714. The molecule has 0 bridgehead atoms. The molecule has 1 aromatic rings. The summed E-state index contributed by atoms with van der Waals surface area (Å²) in [6.45, 7) is 7.25. The van der Waals surface area contributed by atoms with E-state index in [2.05, 4.69) is 27.4 Å². The summed E-state index contributed by atoms with van der Waals surface area (Å²) in [5.41, 5.74) is 2.03. The smallest absolute Gasteiger partial charge is 0.193 e. The molecular formula is C14H24N4O2. The number of hydrogen-bond donors (Lipinski definition) is 1. The van der Waals surface area contributed by atoms with E-state index in [1.807, 2.05) is 13.8 Å². The second kappa shape index (κ2) is 6.74. The quantitative estimate of drug-likeness (QED) is 0.666. The van der Waals surface area contributed by atoms with Gasteiger partial charge >= 0.3 is 0 Å². The van der Waals surface area contributed by atoms with Gasteiger partial charge in [-0.2, -0.15) is 0 Å². The molecule has 112 valence electrons. The highest BCUT2D eigenvalue weighted by Gasteiger charge is 2.19. The molecule has 1 fully saturated rings. The van der Waals surface area contributed by atoms with Crippen LogP contribution in [0, 0.1) is 19.8 Å². The lowest BCUT2D eigenvalue weighted by Crippen LogP contribution is -2.41. The van der Waals surface area contributed by atoms with Gasteiger partial charge in [0, 0.05) is 45.3 Å². The van der Waals surface area contributed by atoms with Gasteiger partial charge in [0.2, 0.25) is 0 Å². The van der Waals surface area contributed by atoms with Crippen molar-refractivity contribution in [2.24, 2.45) is 10.9 Å². The summed E-state index contributed by atoms with van der Waals surface area (Å²) in [5.74, 6) is 2.34. The molecule has 1 aliphatic rings. The van der Waals surface area contributed by atoms with Crippen LogP contribution in [0.3, 0.4) is 0 Å². The van der Waals surface area contributed by atoms with Crippen LogP contribution in [0.2, 0.25) is 0 Å². The van der Waals surface area contributed by atoms with E-state index in [1.54, 1.807) is 7.05 Å². The predicted octanol–water partition coefficient (Wildman–Crippen LogP) is 1.34. The van der Waals surface area contributed by atoms with Crippen LogP contribution in [0.1, 0.15) is 23.4 Å². The first-order valence-corrected chi connectivity index (χ1v) is 7.03. The van der Waals surface area contributed by atoms with Crippen LogP contribution < -0.4 is 5.32 Å². The Morgan fingerprint density at radius 2 is 2.30 bits per heavy atom. The molecule has 0 aromatic carbocycles. The van der Waals surface area contributed by atoms with Gasteiger partial charge in [0.25, 0.3) is 0 Å². The molecule has 1 aromatic heterocycles. The molecule has 1 atom stereocenters. The first-order chi connectivity index (χ1) is 9.61. The number of aromatic nitrogens is 1. The van der Waals surface area contributed by atoms with Crippen molar-refractivity contribution < 1.29 is 9.26 Å². The lowest BCUT2D eigenvalue weighted by molar-refractivity contribution is 0.181. The van der Waals surface area contributed by atoms with Gasteiger partial charge in [-0.25, -0.2) is 0 Å². The van der Waals surface area contributed by atoms with E-state index < -0.39 is 0 Å². The monoisotopic (exact) mass is 280 g/mol. The molecule has 20 heavy (non-hydrogen) atoms. The molecule has 0 radical (unpaired) electrons. The number of nitrogens with zero attached hydrogens (tertiary/aromatic N) is 3. The van der Waals surface area contributed by atoms with Gasteiger partial charge in [0.15, 0.2) is 5.96 Å². The molecule has 1 unspecified atom stereocenters. The van der Waals surface area contributed by atoms with E-state index in [-0.39, 0.29) is 0 Å². The molecular weight excluding hydrogens is 256 g/mol. The maximum atomic E-state index is 5.41. The number of hydrogen-bond acceptors (Lipinski definition) is 4. The standard InChI is InChI=1S/C14H24N4O2/c1-10-13(11(2)20-17-10)7-16-14(15-3)18(4)8-12-5-6-19-9-12/h12H,5-9H2,1-4H3,(H,15,16). The van der Waals surface area contributed by atoms with Crippen LogP contribution in [-0.2, 0) is 11.3 Å². The highest BCUT2D eigenvalue weighted by molar-refractivity contribution is 5.79. The zero-order valence-electron chi connectivity index (χ0n) is 12.8. The van der Waals surface area contributed by atoms with Gasteiger partial charge in [0.1, 0.15) is 5.76 Å². The van der Waals surface area contributed by atoms with Gasteiger partial charge in [-0.15, -0.1) is 0 Å². The Bertz CT molecular complexity index is 444. The summed E-state index contributed by atoms with van der Waals surface area (Å²) >= 11 is 0. The number of nitrogens with one attached hydrogen (secondary N) is 1. The van der Waals surface area contributed by atoms with Crippen molar-refractivity contribution in [3.8, 4) is 0 Å². The molecule has 0 amide bonds. The average molecular weight is 280 g/mol. The van der Waals surface area contributed by atoms with Crippen molar-refractivity contribution in [3.63, 3.8) is 0 Å². The van der Waals surface area contributed by atoms with E-state index in [9.17, 15) is 0 Å². The van der Waals surface area contributed by atoms with Gasteiger partial charge in [-0.1, -0.05) is 5.16 Å². The van der Waals surface area contributed by atoms with Crippen molar-refractivity contribution in [3.05, 3.63) is 17.0 Å². The minimum atomic E-state index is 0.595. The first kappa shape index (κ1) is 14.8. The second-order valence-corrected chi connectivity index (χ2v) is 5.31. The maximum absolute atomic E-state index is 5.41. The molecule has 2 heterocycles. The Morgan fingerprint density at radius 1 is 1.50 bits per heavy atom. The van der Waals surface area contributed by atoms with Crippen molar-refractivity contribution >= 4 is 5.96 Å². The van der Waals surface area contributed by atoms with Gasteiger partial charge in [0.05, 0.1) is 12.3 Å². The van der Waals surface area contributed by atoms with Crippen LogP contribution in [0.4, 0.5) is 0 Å². The fourth-order valence-electron chi connectivity index (χ4n) is 2.51. The molecule has 1 saturated heterocycles. The third-order valence-electron chi connectivity index (χ3n) is 3.73. The van der Waals surface area contributed by atoms with Crippen LogP contribution in [0.5, 0.6) is 0 Å². The van der Waals surface area contributed by atoms with Crippen molar-refractivity contribution in [2.45, 2.75) is 26.8 Å². The van der Waals surface area contributed by atoms with Gasteiger partial charge in [-0.05, 0) is 20.3 Å². The van der Waals surface area contributed by atoms with E-state index in [1.165, 1.54) is 0 Å². The largest absolute Gasteiger partial charge is 0.381 e. The van der Waals surface area contributed by atoms with E-state index in [0.29, 0.717) is 12.5 Å². The lowest BCUT2D eigenvalue weighted by Gasteiger charge is -2.24. The fourth-order valence-corrected chi connectivity index (χ4v) is 2.51. The summed E-state index contributed by atoms with van der Waals surface area (Å²) < 4.78 is 10.6. The second-order valence-electron chi connectivity index (χ2n) is 5.31. The van der Waals surface area contributed by atoms with E-state index >= 15 is 0 Å². The Hall–Kier alpha value is -1.56. The molecule has 0 aliphatic carbocycles. The molecule has 2 rings (SSSR count). The third-order valence-corrected chi connectivity index (χ3v) is 3.73. The van der Waals surface area contributed by atoms with Crippen molar-refractivity contribution in [1.82, 2.24) is 15.4 Å². The molecule has 6 heteroatoms. The predicted molar refractivity (Wildman–Crippen MR) is 77.7 cm³/mol. The Labute approximate surface area is 120 Å². The Balaban J connectivity index is 1.88. The average Bonchev–Trinajstić information content (AvgIpc) is 3.03. The lowest BCUT2D eigenvalue weighted by atomic mass is 10.1. The normalized spacial score (nSPS) is 19.4. The topological polar surface area (TPSA) is 62.9 Å². The molecule has 0 saturated carbocycles. The zero-order valence-corrected chi connectivity index (χ0v) is 12.8. The molecule has 6 nitrogen and oxygen atoms in total. The summed E-state index contributed by atoms with van der Waals surface area (Å²) in [6.07, 6.45) is 1.13. The molecule has 1 N–H and O–H groups in total. The zero-order chi connectivity index (χ0) is 14.5. The van der Waals surface area contributed by atoms with Crippen LogP contribution in [0.25, 0.3) is 0 Å². The maximum Gasteiger partial charge on any atom is 0.193 e. The minimum Gasteiger partial charge on any atom is -0.381 e. The van der Waals surface area contributed by atoms with Crippen LogP contribution in [0.15, 0.2) is 9.52 Å². The highest BCUT2D eigenvalue weighted by atomic mass is 16.5. The summed E-state index contributed by atoms with van der Waals surface area (Å²) in [7, 11) is 3.86. The van der Waals surface area contributed by atoms with Crippen LogP contribution in [-0.4, -0.2) is 49.9 Å². The third kappa shape index (κ3) is 3.50. The van der Waals surface area contributed by atoms with Crippen LogP contribution >= 0.6 is 0 Å².